The molecule has 0 saturated carbocycles. The van der Waals surface area contributed by atoms with Gasteiger partial charge in [-0.25, -0.2) is 9.59 Å². The predicted molar refractivity (Wildman–Crippen MR) is 112 cm³/mol. The fourth-order valence-corrected chi connectivity index (χ4v) is 2.97. The minimum absolute atomic E-state index is 0.0806. The van der Waals surface area contributed by atoms with Gasteiger partial charge in [0.2, 0.25) is 0 Å². The third-order valence-electron chi connectivity index (χ3n) is 4.35. The van der Waals surface area contributed by atoms with Gasteiger partial charge in [0, 0.05) is 17.5 Å². The highest BCUT2D eigenvalue weighted by Gasteiger charge is 2.16. The lowest BCUT2D eigenvalue weighted by Crippen LogP contribution is -2.33. The summed E-state index contributed by atoms with van der Waals surface area (Å²) in [7, 11) is 0. The van der Waals surface area contributed by atoms with Gasteiger partial charge < -0.3 is 19.2 Å². The van der Waals surface area contributed by atoms with E-state index in [1.165, 1.54) is 12.1 Å². The average molecular weight is 409 g/mol. The van der Waals surface area contributed by atoms with Crippen LogP contribution < -0.4 is 20.4 Å². The van der Waals surface area contributed by atoms with Crippen LogP contribution in [-0.4, -0.2) is 24.5 Å². The molecule has 0 aliphatic carbocycles. The number of para-hydroxylation sites is 1. The molecule has 30 heavy (non-hydrogen) atoms. The van der Waals surface area contributed by atoms with Crippen molar-refractivity contribution in [3.8, 4) is 11.5 Å². The quantitative estimate of drug-likeness (QED) is 0.380. The molecule has 7 nitrogen and oxygen atoms in total. The lowest BCUT2D eigenvalue weighted by molar-refractivity contribution is -0.136. The van der Waals surface area contributed by atoms with Gasteiger partial charge in [0.25, 0.3) is 5.91 Å². The van der Waals surface area contributed by atoms with E-state index >= 15 is 0 Å². The van der Waals surface area contributed by atoms with Gasteiger partial charge >= 0.3 is 11.6 Å². The highest BCUT2D eigenvalue weighted by molar-refractivity contribution is 5.96. The van der Waals surface area contributed by atoms with Crippen LogP contribution in [0.5, 0.6) is 11.5 Å². The Labute approximate surface area is 173 Å². The molecule has 0 unspecified atom stereocenters. The Morgan fingerprint density at radius 2 is 1.77 bits per heavy atom. The number of aryl methyl sites for hydroxylation is 2. The van der Waals surface area contributed by atoms with Crippen molar-refractivity contribution in [2.45, 2.75) is 33.7 Å². The maximum absolute atomic E-state index is 12.2. The molecule has 0 radical (unpaired) electrons. The molecule has 3 rings (SSSR count). The maximum Gasteiger partial charge on any atom is 0.349 e. The van der Waals surface area contributed by atoms with Crippen molar-refractivity contribution in [3.05, 3.63) is 69.6 Å². The first-order chi connectivity index (χ1) is 14.2. The average Bonchev–Trinajstić information content (AvgIpc) is 2.66. The second kappa shape index (κ2) is 8.82. The normalized spacial score (nSPS) is 10.8. The molecule has 0 spiro atoms. The van der Waals surface area contributed by atoms with Gasteiger partial charge in [0.1, 0.15) is 22.6 Å². The van der Waals surface area contributed by atoms with Crippen molar-refractivity contribution in [3.63, 3.8) is 0 Å². The summed E-state index contributed by atoms with van der Waals surface area (Å²) in [6.07, 6.45) is 0. The molecule has 156 valence electrons. The molecule has 7 heteroatoms. The van der Waals surface area contributed by atoms with Crippen molar-refractivity contribution < 1.29 is 23.5 Å². The minimum atomic E-state index is -0.762. The molecule has 0 bridgehead atoms. The number of hydrogen-bond donors (Lipinski definition) is 1. The molecule has 0 aliphatic rings. The van der Waals surface area contributed by atoms with Crippen LogP contribution in [0.15, 0.2) is 51.7 Å². The van der Waals surface area contributed by atoms with E-state index in [0.29, 0.717) is 11.1 Å². The number of carbonyl (C=O) groups is 2. The van der Waals surface area contributed by atoms with Crippen molar-refractivity contribution in [1.29, 1.82) is 0 Å². The van der Waals surface area contributed by atoms with E-state index < -0.39 is 17.5 Å². The van der Waals surface area contributed by atoms with Crippen molar-refractivity contribution in [2.24, 2.45) is 0 Å². The maximum atomic E-state index is 12.2. The number of benzene rings is 2. The zero-order valence-electron chi connectivity index (χ0n) is 17.3. The van der Waals surface area contributed by atoms with E-state index in [0.717, 1.165) is 11.1 Å². The van der Waals surface area contributed by atoms with E-state index in [-0.39, 0.29) is 29.5 Å². The van der Waals surface area contributed by atoms with Crippen LogP contribution in [0.3, 0.4) is 0 Å². The molecule has 1 heterocycles. The number of nitrogens with one attached hydrogen (secondary N) is 1. The van der Waals surface area contributed by atoms with E-state index in [2.05, 4.69) is 5.32 Å². The summed E-state index contributed by atoms with van der Waals surface area (Å²) in [6.45, 7) is 7.13. The lowest BCUT2D eigenvalue weighted by atomic mass is 10.1. The third kappa shape index (κ3) is 4.86. The number of carbonyl (C=O) groups excluding carboxylic acids is 2. The van der Waals surface area contributed by atoms with Gasteiger partial charge in [-0.05, 0) is 57.0 Å². The second-order valence-electron chi connectivity index (χ2n) is 7.26. The summed E-state index contributed by atoms with van der Waals surface area (Å²) in [5.41, 5.74) is 1.22. The first-order valence-corrected chi connectivity index (χ1v) is 9.53. The van der Waals surface area contributed by atoms with Crippen LogP contribution in [0.2, 0.25) is 0 Å². The van der Waals surface area contributed by atoms with Gasteiger partial charge in [-0.15, -0.1) is 0 Å². The molecular formula is C23H23NO6. The fourth-order valence-electron chi connectivity index (χ4n) is 2.97. The molecule has 0 aliphatic heterocycles. The number of fused-ring (bicyclic) bond motifs is 1. The lowest BCUT2D eigenvalue weighted by Gasteiger charge is -2.11. The highest BCUT2D eigenvalue weighted by Crippen LogP contribution is 2.23. The molecule has 0 saturated heterocycles. The molecule has 2 aromatic carbocycles. The smallest absolute Gasteiger partial charge is 0.349 e. The van der Waals surface area contributed by atoms with E-state index in [1.54, 1.807) is 26.0 Å². The molecular weight excluding hydrogens is 386 g/mol. The molecule has 0 atom stereocenters. The summed E-state index contributed by atoms with van der Waals surface area (Å²) in [6, 6.07) is 11.6. The van der Waals surface area contributed by atoms with Gasteiger partial charge in [-0.1, -0.05) is 18.2 Å². The highest BCUT2D eigenvalue weighted by atomic mass is 16.6. The van der Waals surface area contributed by atoms with Gasteiger partial charge in [0.05, 0.1) is 0 Å². The topological polar surface area (TPSA) is 94.8 Å². The van der Waals surface area contributed by atoms with Crippen LogP contribution >= 0.6 is 0 Å². The number of ether oxygens (including phenoxy) is 2. The number of amides is 1. The fraction of sp³-hybridized carbons (Fsp3) is 0.261. The van der Waals surface area contributed by atoms with Gasteiger partial charge in [-0.2, -0.15) is 0 Å². The largest absolute Gasteiger partial charge is 0.481 e. The summed E-state index contributed by atoms with van der Waals surface area (Å²) in [4.78, 5) is 36.4. The Morgan fingerprint density at radius 1 is 1.07 bits per heavy atom. The summed E-state index contributed by atoms with van der Waals surface area (Å²) in [5, 5.41) is 3.19. The number of rotatable bonds is 6. The van der Waals surface area contributed by atoms with Gasteiger partial charge in [-0.3, -0.25) is 4.79 Å². The van der Waals surface area contributed by atoms with Crippen LogP contribution in [0, 0.1) is 13.8 Å². The van der Waals surface area contributed by atoms with Crippen molar-refractivity contribution >= 4 is 22.8 Å². The van der Waals surface area contributed by atoms with Crippen LogP contribution in [0.1, 0.15) is 35.3 Å². The van der Waals surface area contributed by atoms with E-state index in [1.807, 2.05) is 32.0 Å². The standard InChI is InChI=1S/C23H23NO6/c1-13(2)24-22(26)18-10-16-8-9-17(11-19(16)30-23(18)27)29-20(25)12-28-21-14(3)6-5-7-15(21)4/h5-11,13H,12H2,1-4H3,(H,24,26). The summed E-state index contributed by atoms with van der Waals surface area (Å²) >= 11 is 0. The van der Waals surface area contributed by atoms with Crippen LogP contribution in [0.4, 0.5) is 0 Å². The van der Waals surface area contributed by atoms with Gasteiger partial charge in [0.15, 0.2) is 6.61 Å². The molecule has 1 N–H and O–H groups in total. The second-order valence-corrected chi connectivity index (χ2v) is 7.26. The SMILES string of the molecule is Cc1cccc(C)c1OCC(=O)Oc1ccc2cc(C(=O)NC(C)C)c(=O)oc2c1. The Bertz CT molecular complexity index is 1140. The Balaban J connectivity index is 1.73. The zero-order valence-corrected chi connectivity index (χ0v) is 17.3. The van der Waals surface area contributed by atoms with Crippen molar-refractivity contribution in [1.82, 2.24) is 5.32 Å². The first-order valence-electron chi connectivity index (χ1n) is 9.53. The van der Waals surface area contributed by atoms with Crippen LogP contribution in [-0.2, 0) is 4.79 Å². The Morgan fingerprint density at radius 3 is 2.43 bits per heavy atom. The number of hydrogen-bond acceptors (Lipinski definition) is 6. The monoisotopic (exact) mass is 409 g/mol. The summed E-state index contributed by atoms with van der Waals surface area (Å²) in [5.74, 6) is -0.238. The van der Waals surface area contributed by atoms with E-state index in [4.69, 9.17) is 13.9 Å². The molecule has 1 amide bonds. The molecule has 0 fully saturated rings. The molecule has 1 aromatic heterocycles. The number of esters is 1. The molecule has 3 aromatic rings. The van der Waals surface area contributed by atoms with E-state index in [9.17, 15) is 14.4 Å². The zero-order chi connectivity index (χ0) is 21.8. The van der Waals surface area contributed by atoms with Crippen molar-refractivity contribution in [2.75, 3.05) is 6.61 Å². The Kier molecular flexibility index (Phi) is 6.20. The Hall–Kier alpha value is -3.61. The first kappa shape index (κ1) is 21.1. The van der Waals surface area contributed by atoms with Crippen LogP contribution in [0.25, 0.3) is 11.0 Å². The minimum Gasteiger partial charge on any atom is -0.481 e. The predicted octanol–water partition coefficient (Wildman–Crippen LogP) is 3.53. The summed E-state index contributed by atoms with van der Waals surface area (Å²) < 4.78 is 16.1. The third-order valence-corrected chi connectivity index (χ3v) is 4.35.